The Morgan fingerprint density at radius 2 is 1.71 bits per heavy atom. The third-order valence-corrected chi connectivity index (χ3v) is 5.66. The highest BCUT2D eigenvalue weighted by Crippen LogP contribution is 2.27. The summed E-state index contributed by atoms with van der Waals surface area (Å²) in [7, 11) is 0. The van der Waals surface area contributed by atoms with Crippen molar-refractivity contribution in [3.05, 3.63) is 118 Å². The van der Waals surface area contributed by atoms with Gasteiger partial charge in [0.15, 0.2) is 0 Å². The summed E-state index contributed by atoms with van der Waals surface area (Å²) in [5.41, 5.74) is 4.89. The molecule has 5 aromatic rings. The maximum absolute atomic E-state index is 13.2. The van der Waals surface area contributed by atoms with Crippen molar-refractivity contribution in [2.45, 2.75) is 20.0 Å². The lowest BCUT2D eigenvalue weighted by molar-refractivity contribution is 0.0952. The zero-order chi connectivity index (χ0) is 23.5. The molecule has 0 spiro atoms. The fourth-order valence-electron chi connectivity index (χ4n) is 3.86. The van der Waals surface area contributed by atoms with Gasteiger partial charge < -0.3 is 14.4 Å². The van der Waals surface area contributed by atoms with E-state index in [0.29, 0.717) is 41.1 Å². The Morgan fingerprint density at radius 3 is 2.47 bits per heavy atom. The topological polar surface area (TPSA) is 90.0 Å². The number of benzene rings is 2. The minimum Gasteiger partial charge on any atom is -0.348 e. The van der Waals surface area contributed by atoms with Crippen molar-refractivity contribution in [3.63, 3.8) is 0 Å². The lowest BCUT2D eigenvalue weighted by atomic mass is 10.0. The third-order valence-electron chi connectivity index (χ3n) is 5.66. The molecule has 7 heteroatoms. The highest BCUT2D eigenvalue weighted by atomic mass is 16.5. The van der Waals surface area contributed by atoms with E-state index in [1.807, 2.05) is 60.7 Å². The van der Waals surface area contributed by atoms with E-state index in [-0.39, 0.29) is 11.5 Å². The van der Waals surface area contributed by atoms with Crippen LogP contribution in [0.1, 0.15) is 27.2 Å². The van der Waals surface area contributed by atoms with E-state index in [1.54, 1.807) is 35.9 Å². The van der Waals surface area contributed by atoms with Crippen LogP contribution in [0.25, 0.3) is 22.4 Å². The lowest BCUT2D eigenvalue weighted by Gasteiger charge is -2.10. The third kappa shape index (κ3) is 4.36. The lowest BCUT2D eigenvalue weighted by Crippen LogP contribution is -2.23. The fourth-order valence-corrected chi connectivity index (χ4v) is 3.86. The highest BCUT2D eigenvalue weighted by Gasteiger charge is 2.19. The molecule has 0 saturated carbocycles. The first-order valence-electron chi connectivity index (χ1n) is 10.9. The molecule has 168 valence electrons. The predicted octanol–water partition coefficient (Wildman–Crippen LogP) is 4.34. The van der Waals surface area contributed by atoms with E-state index in [9.17, 15) is 9.59 Å². The van der Waals surface area contributed by atoms with Gasteiger partial charge in [-0.1, -0.05) is 65.8 Å². The molecule has 5 rings (SSSR count). The maximum Gasteiger partial charge on any atom is 0.259 e. The van der Waals surface area contributed by atoms with Crippen molar-refractivity contribution in [1.29, 1.82) is 0 Å². The van der Waals surface area contributed by atoms with E-state index >= 15 is 0 Å². The number of amides is 1. The largest absolute Gasteiger partial charge is 0.348 e. The van der Waals surface area contributed by atoms with Gasteiger partial charge >= 0.3 is 0 Å². The number of pyridine rings is 2. The highest BCUT2D eigenvalue weighted by molar-refractivity contribution is 6.06. The molecule has 0 radical (unpaired) electrons. The quantitative estimate of drug-likeness (QED) is 0.416. The molecule has 3 heterocycles. The molecule has 2 aromatic carbocycles. The van der Waals surface area contributed by atoms with Crippen LogP contribution in [0.3, 0.4) is 0 Å². The van der Waals surface area contributed by atoms with Gasteiger partial charge in [0, 0.05) is 24.4 Å². The van der Waals surface area contributed by atoms with Crippen molar-refractivity contribution >= 4 is 17.0 Å². The van der Waals surface area contributed by atoms with Gasteiger partial charge in [-0.05, 0) is 30.2 Å². The Kier molecular flexibility index (Phi) is 5.74. The Labute approximate surface area is 195 Å². The van der Waals surface area contributed by atoms with E-state index < -0.39 is 0 Å². The Balaban J connectivity index is 1.34. The van der Waals surface area contributed by atoms with Gasteiger partial charge in [0.1, 0.15) is 0 Å². The Bertz CT molecular complexity index is 1520. The second kappa shape index (κ2) is 9.15. The number of rotatable bonds is 6. The van der Waals surface area contributed by atoms with Gasteiger partial charge in [-0.25, -0.2) is 4.98 Å². The fraction of sp³-hybridized carbons (Fsp3) is 0.111. The molecular formula is C27H22N4O3. The molecule has 0 unspecified atom stereocenters. The molecule has 3 aromatic heterocycles. The van der Waals surface area contributed by atoms with Crippen LogP contribution in [0.5, 0.6) is 0 Å². The summed E-state index contributed by atoms with van der Waals surface area (Å²) in [6.45, 7) is 2.65. The van der Waals surface area contributed by atoms with Crippen LogP contribution in [-0.2, 0) is 13.1 Å². The monoisotopic (exact) mass is 450 g/mol. The van der Waals surface area contributed by atoms with Crippen LogP contribution in [0.15, 0.2) is 94.4 Å². The molecule has 7 nitrogen and oxygen atoms in total. The first-order valence-corrected chi connectivity index (χ1v) is 10.9. The second-order valence-corrected chi connectivity index (χ2v) is 8.04. The molecule has 0 bridgehead atoms. The minimum atomic E-state index is -0.226. The number of aryl methyl sites for hydroxylation is 1. The standard InChI is InChI=1S/C27H22N4O3/c1-18-25-22(15-23(29-27(25)34-30-18)21-7-3-2-4-8-21)26(33)28-16-19-10-12-20(13-11-19)17-31-14-6-5-9-24(31)32/h2-15H,16-17H2,1H3,(H,28,33). The molecule has 0 atom stereocenters. The van der Waals surface area contributed by atoms with Gasteiger partial charge in [-0.3, -0.25) is 9.59 Å². The summed E-state index contributed by atoms with van der Waals surface area (Å²) in [6, 6.07) is 24.3. The molecule has 0 aliphatic rings. The van der Waals surface area contributed by atoms with Crippen LogP contribution in [-0.4, -0.2) is 20.6 Å². The average molecular weight is 450 g/mol. The molecule has 0 fully saturated rings. The van der Waals surface area contributed by atoms with E-state index in [2.05, 4.69) is 15.5 Å². The van der Waals surface area contributed by atoms with Gasteiger partial charge in [-0.15, -0.1) is 0 Å². The smallest absolute Gasteiger partial charge is 0.259 e. The van der Waals surface area contributed by atoms with Gasteiger partial charge in [0.25, 0.3) is 17.2 Å². The molecule has 1 N–H and O–H groups in total. The number of hydrogen-bond acceptors (Lipinski definition) is 5. The number of carbonyl (C=O) groups is 1. The van der Waals surface area contributed by atoms with E-state index in [0.717, 1.165) is 16.7 Å². The minimum absolute atomic E-state index is 0.0404. The van der Waals surface area contributed by atoms with Crippen LogP contribution >= 0.6 is 0 Å². The zero-order valence-corrected chi connectivity index (χ0v) is 18.6. The van der Waals surface area contributed by atoms with Crippen molar-refractivity contribution < 1.29 is 9.32 Å². The Morgan fingerprint density at radius 1 is 0.971 bits per heavy atom. The normalized spacial score (nSPS) is 11.0. The van der Waals surface area contributed by atoms with E-state index in [4.69, 9.17) is 4.52 Å². The molecule has 0 aliphatic carbocycles. The molecule has 0 aliphatic heterocycles. The molecule has 0 saturated heterocycles. The summed E-state index contributed by atoms with van der Waals surface area (Å²) in [6.07, 6.45) is 1.77. The SMILES string of the molecule is Cc1noc2nc(-c3ccccc3)cc(C(=O)NCc3ccc(Cn4ccccc4=O)cc3)c12. The molecule has 34 heavy (non-hydrogen) atoms. The summed E-state index contributed by atoms with van der Waals surface area (Å²) >= 11 is 0. The summed E-state index contributed by atoms with van der Waals surface area (Å²) in [4.78, 5) is 29.6. The number of hydrogen-bond donors (Lipinski definition) is 1. The first kappa shape index (κ1) is 21.3. The Hall–Kier alpha value is -4.52. The van der Waals surface area contributed by atoms with Gasteiger partial charge in [-0.2, -0.15) is 0 Å². The van der Waals surface area contributed by atoms with E-state index in [1.165, 1.54) is 0 Å². The van der Waals surface area contributed by atoms with Gasteiger partial charge in [0.2, 0.25) is 0 Å². The number of nitrogens with zero attached hydrogens (tertiary/aromatic N) is 3. The van der Waals surface area contributed by atoms with Crippen molar-refractivity contribution in [3.8, 4) is 11.3 Å². The number of aromatic nitrogens is 3. The second-order valence-electron chi connectivity index (χ2n) is 8.04. The van der Waals surface area contributed by atoms with Crippen LogP contribution in [0, 0.1) is 6.92 Å². The van der Waals surface area contributed by atoms with Crippen molar-refractivity contribution in [1.82, 2.24) is 20.0 Å². The number of carbonyl (C=O) groups excluding carboxylic acids is 1. The zero-order valence-electron chi connectivity index (χ0n) is 18.6. The van der Waals surface area contributed by atoms with Crippen LogP contribution in [0.4, 0.5) is 0 Å². The predicted molar refractivity (Wildman–Crippen MR) is 129 cm³/mol. The van der Waals surface area contributed by atoms with Crippen molar-refractivity contribution in [2.75, 3.05) is 0 Å². The number of fused-ring (bicyclic) bond motifs is 1. The van der Waals surface area contributed by atoms with Crippen LogP contribution < -0.4 is 10.9 Å². The van der Waals surface area contributed by atoms with Gasteiger partial charge in [0.05, 0.1) is 28.9 Å². The van der Waals surface area contributed by atoms with Crippen molar-refractivity contribution in [2.24, 2.45) is 0 Å². The summed E-state index contributed by atoms with van der Waals surface area (Å²) in [5.74, 6) is -0.226. The first-order chi connectivity index (χ1) is 16.6. The number of nitrogens with one attached hydrogen (secondary N) is 1. The maximum atomic E-state index is 13.2. The summed E-state index contributed by atoms with van der Waals surface area (Å²) in [5, 5.41) is 7.60. The average Bonchev–Trinajstić information content (AvgIpc) is 3.25. The molecular weight excluding hydrogens is 428 g/mol. The summed E-state index contributed by atoms with van der Waals surface area (Å²) < 4.78 is 7.02. The molecule has 1 amide bonds. The van der Waals surface area contributed by atoms with Crippen LogP contribution in [0.2, 0.25) is 0 Å².